The van der Waals surface area contributed by atoms with Crippen LogP contribution in [0.25, 0.3) is 0 Å². The Labute approximate surface area is 180 Å². The number of carbonyl (C=O) groups excluding carboxylic acids is 2. The standard InChI is InChI=1S/C22H22N2O6S/c1-2-16-5-3-6-18(13-16)24-21(25)15-30-22(26)17-8-10-20(11-9-17)31(27,28)23-14-19-7-4-12-29-19/h3-13,23H,2,14-15H2,1H3,(H,24,25). The minimum absolute atomic E-state index is 0.00933. The number of anilines is 1. The van der Waals surface area contributed by atoms with E-state index in [4.69, 9.17) is 9.15 Å². The molecule has 0 spiro atoms. The molecule has 0 radical (unpaired) electrons. The van der Waals surface area contributed by atoms with Gasteiger partial charge < -0.3 is 14.5 Å². The average Bonchev–Trinajstić information content (AvgIpc) is 3.30. The first-order valence-corrected chi connectivity index (χ1v) is 11.0. The lowest BCUT2D eigenvalue weighted by Crippen LogP contribution is -2.23. The quantitative estimate of drug-likeness (QED) is 0.492. The number of rotatable bonds is 9. The monoisotopic (exact) mass is 442 g/mol. The van der Waals surface area contributed by atoms with Gasteiger partial charge in [0.1, 0.15) is 5.76 Å². The number of hydrogen-bond acceptors (Lipinski definition) is 6. The fourth-order valence-electron chi connectivity index (χ4n) is 2.71. The van der Waals surface area contributed by atoms with Crippen LogP contribution >= 0.6 is 0 Å². The number of sulfonamides is 1. The van der Waals surface area contributed by atoms with Crippen molar-refractivity contribution in [3.8, 4) is 0 Å². The molecule has 3 rings (SSSR count). The normalized spacial score (nSPS) is 11.1. The van der Waals surface area contributed by atoms with Gasteiger partial charge in [-0.3, -0.25) is 4.79 Å². The molecule has 3 aromatic rings. The maximum absolute atomic E-state index is 12.3. The van der Waals surface area contributed by atoms with Crippen LogP contribution < -0.4 is 10.0 Å². The molecule has 162 valence electrons. The van der Waals surface area contributed by atoms with Gasteiger partial charge in [-0.25, -0.2) is 17.9 Å². The van der Waals surface area contributed by atoms with Gasteiger partial charge in [-0.2, -0.15) is 0 Å². The zero-order chi connectivity index (χ0) is 22.3. The van der Waals surface area contributed by atoms with Crippen LogP contribution in [0.1, 0.15) is 28.6 Å². The lowest BCUT2D eigenvalue weighted by molar-refractivity contribution is -0.119. The van der Waals surface area contributed by atoms with Gasteiger partial charge in [0.2, 0.25) is 10.0 Å². The second kappa shape index (κ2) is 10.1. The highest BCUT2D eigenvalue weighted by molar-refractivity contribution is 7.89. The van der Waals surface area contributed by atoms with E-state index in [1.807, 2.05) is 25.1 Å². The Morgan fingerprint density at radius 1 is 1.03 bits per heavy atom. The van der Waals surface area contributed by atoms with Gasteiger partial charge in [0.05, 0.1) is 23.3 Å². The molecule has 0 fully saturated rings. The Morgan fingerprint density at radius 3 is 2.48 bits per heavy atom. The van der Waals surface area contributed by atoms with E-state index >= 15 is 0 Å². The number of nitrogens with one attached hydrogen (secondary N) is 2. The molecular formula is C22H22N2O6S. The van der Waals surface area contributed by atoms with Gasteiger partial charge in [0, 0.05) is 5.69 Å². The predicted octanol–water partition coefficient (Wildman–Crippen LogP) is 3.12. The Kier molecular flexibility index (Phi) is 7.22. The maximum atomic E-state index is 12.3. The Bertz CT molecular complexity index is 1140. The van der Waals surface area contributed by atoms with Gasteiger partial charge in [-0.05, 0) is 60.5 Å². The van der Waals surface area contributed by atoms with Crippen LogP contribution in [0.4, 0.5) is 5.69 Å². The van der Waals surface area contributed by atoms with E-state index in [1.54, 1.807) is 18.2 Å². The molecule has 0 atom stereocenters. The molecule has 0 aliphatic rings. The highest BCUT2D eigenvalue weighted by Crippen LogP contribution is 2.13. The molecule has 8 nitrogen and oxygen atoms in total. The van der Waals surface area contributed by atoms with Gasteiger partial charge in [-0.15, -0.1) is 0 Å². The second-order valence-electron chi connectivity index (χ2n) is 6.61. The SMILES string of the molecule is CCc1cccc(NC(=O)COC(=O)c2ccc(S(=O)(=O)NCc3ccco3)cc2)c1. The summed E-state index contributed by atoms with van der Waals surface area (Å²) in [6, 6.07) is 15.9. The van der Waals surface area contributed by atoms with Crippen molar-refractivity contribution in [2.45, 2.75) is 24.8 Å². The maximum Gasteiger partial charge on any atom is 0.338 e. The molecule has 1 amide bonds. The smallest absolute Gasteiger partial charge is 0.338 e. The third kappa shape index (κ3) is 6.27. The molecule has 0 saturated carbocycles. The molecule has 1 aromatic heterocycles. The van der Waals surface area contributed by atoms with Crippen LogP contribution in [-0.2, 0) is 32.5 Å². The summed E-state index contributed by atoms with van der Waals surface area (Å²) in [4.78, 5) is 24.2. The van der Waals surface area contributed by atoms with Crippen LogP contribution in [0, 0.1) is 0 Å². The summed E-state index contributed by atoms with van der Waals surface area (Å²) < 4.78 is 37.2. The fourth-order valence-corrected chi connectivity index (χ4v) is 3.71. The van der Waals surface area contributed by atoms with E-state index in [2.05, 4.69) is 10.0 Å². The number of aryl methyl sites for hydroxylation is 1. The molecule has 0 unspecified atom stereocenters. The number of ether oxygens (including phenoxy) is 1. The van der Waals surface area contributed by atoms with E-state index in [0.717, 1.165) is 12.0 Å². The summed E-state index contributed by atoms with van der Waals surface area (Å²) in [5, 5.41) is 2.67. The van der Waals surface area contributed by atoms with E-state index in [0.29, 0.717) is 11.4 Å². The molecule has 9 heteroatoms. The van der Waals surface area contributed by atoms with Crippen LogP contribution in [0.2, 0.25) is 0 Å². The first kappa shape index (κ1) is 22.3. The summed E-state index contributed by atoms with van der Waals surface area (Å²) >= 11 is 0. The first-order chi connectivity index (χ1) is 14.9. The van der Waals surface area contributed by atoms with E-state index < -0.39 is 28.5 Å². The topological polar surface area (TPSA) is 115 Å². The van der Waals surface area contributed by atoms with E-state index in [-0.39, 0.29) is 17.0 Å². The molecule has 0 bridgehead atoms. The fraction of sp³-hybridized carbons (Fsp3) is 0.182. The molecule has 2 aromatic carbocycles. The summed E-state index contributed by atoms with van der Waals surface area (Å²) in [5.41, 5.74) is 1.83. The molecule has 0 saturated heterocycles. The zero-order valence-corrected chi connectivity index (χ0v) is 17.6. The van der Waals surface area contributed by atoms with Crippen LogP contribution in [0.5, 0.6) is 0 Å². The lowest BCUT2D eigenvalue weighted by Gasteiger charge is -2.09. The summed E-state index contributed by atoms with van der Waals surface area (Å²) in [6.45, 7) is 1.56. The van der Waals surface area contributed by atoms with Gasteiger partial charge in [0.15, 0.2) is 6.61 Å². The van der Waals surface area contributed by atoms with Crippen molar-refractivity contribution >= 4 is 27.6 Å². The van der Waals surface area contributed by atoms with E-state index in [9.17, 15) is 18.0 Å². The van der Waals surface area contributed by atoms with Crippen LogP contribution in [0.15, 0.2) is 76.2 Å². The van der Waals surface area contributed by atoms with Crippen LogP contribution in [-0.4, -0.2) is 26.9 Å². The third-order valence-corrected chi connectivity index (χ3v) is 5.79. The summed E-state index contributed by atoms with van der Waals surface area (Å²) in [6.07, 6.45) is 2.29. The minimum atomic E-state index is -3.77. The molecule has 31 heavy (non-hydrogen) atoms. The largest absolute Gasteiger partial charge is 0.468 e. The molecule has 2 N–H and O–H groups in total. The van der Waals surface area contributed by atoms with Crippen molar-refractivity contribution in [1.29, 1.82) is 0 Å². The summed E-state index contributed by atoms with van der Waals surface area (Å²) in [5.74, 6) is -0.726. The van der Waals surface area contributed by atoms with Crippen molar-refractivity contribution in [2.75, 3.05) is 11.9 Å². The molecule has 1 heterocycles. The molecule has 0 aliphatic heterocycles. The number of hydrogen-bond donors (Lipinski definition) is 2. The zero-order valence-electron chi connectivity index (χ0n) is 16.8. The number of benzene rings is 2. The highest BCUT2D eigenvalue weighted by atomic mass is 32.2. The van der Waals surface area contributed by atoms with Crippen molar-refractivity contribution in [3.05, 3.63) is 83.8 Å². The number of esters is 1. The van der Waals surface area contributed by atoms with Crippen LogP contribution in [0.3, 0.4) is 0 Å². The average molecular weight is 442 g/mol. The number of amides is 1. The Morgan fingerprint density at radius 2 is 1.81 bits per heavy atom. The minimum Gasteiger partial charge on any atom is -0.468 e. The number of furan rings is 1. The van der Waals surface area contributed by atoms with Gasteiger partial charge in [-0.1, -0.05) is 19.1 Å². The highest BCUT2D eigenvalue weighted by Gasteiger charge is 2.16. The lowest BCUT2D eigenvalue weighted by atomic mass is 10.1. The predicted molar refractivity (Wildman–Crippen MR) is 114 cm³/mol. The van der Waals surface area contributed by atoms with Crippen molar-refractivity contribution < 1.29 is 27.2 Å². The van der Waals surface area contributed by atoms with Crippen molar-refractivity contribution in [3.63, 3.8) is 0 Å². The van der Waals surface area contributed by atoms with Gasteiger partial charge >= 0.3 is 5.97 Å². The van der Waals surface area contributed by atoms with Crippen molar-refractivity contribution in [1.82, 2.24) is 4.72 Å². The van der Waals surface area contributed by atoms with E-state index in [1.165, 1.54) is 30.5 Å². The number of carbonyl (C=O) groups is 2. The Hall–Kier alpha value is -3.43. The third-order valence-electron chi connectivity index (χ3n) is 4.37. The second-order valence-corrected chi connectivity index (χ2v) is 8.37. The Balaban J connectivity index is 1.53. The van der Waals surface area contributed by atoms with Crippen molar-refractivity contribution in [2.24, 2.45) is 0 Å². The molecule has 0 aliphatic carbocycles. The molecular weight excluding hydrogens is 420 g/mol. The van der Waals surface area contributed by atoms with Gasteiger partial charge in [0.25, 0.3) is 5.91 Å². The summed E-state index contributed by atoms with van der Waals surface area (Å²) in [7, 11) is -3.77. The first-order valence-electron chi connectivity index (χ1n) is 9.55.